The van der Waals surface area contributed by atoms with E-state index in [9.17, 15) is 17.5 Å². The van der Waals surface area contributed by atoms with E-state index in [1.807, 2.05) is 0 Å². The zero-order chi connectivity index (χ0) is 12.3. The topological polar surface area (TPSA) is 146 Å². The number of phosphoric acid groups is 2. The minimum absolute atomic E-state index is 3.21. The summed E-state index contributed by atoms with van der Waals surface area (Å²) >= 11 is 0. The van der Waals surface area contributed by atoms with Crippen LogP contribution in [0.4, 0.5) is 0 Å². The molecule has 0 rings (SSSR count). The quantitative estimate of drug-likeness (QED) is 0.442. The van der Waals surface area contributed by atoms with E-state index in [0.29, 0.717) is 0 Å². The average Bonchev–Trinajstić information content (AvgIpc) is 2.00. The molecular weight excluding hydrogens is 276 g/mol. The minimum Gasteiger partial charge on any atom is -0.361 e. The molecule has 2 N–H and O–H groups in total. The van der Waals surface area contributed by atoms with Crippen molar-refractivity contribution in [2.75, 3.05) is 0 Å². The predicted octanol–water partition coefficient (Wildman–Crippen LogP) is -1.33. The molecule has 2 atom stereocenters. The summed E-state index contributed by atoms with van der Waals surface area (Å²) in [4.78, 5) is 16.8. The van der Waals surface area contributed by atoms with Gasteiger partial charge in [0.2, 0.25) is 0 Å². The molecule has 0 saturated heterocycles. The zero-order valence-electron chi connectivity index (χ0n) is 6.62. The fourth-order valence-electron chi connectivity index (χ4n) is 0.279. The van der Waals surface area contributed by atoms with E-state index in [1.165, 1.54) is 0 Å². The summed E-state index contributed by atoms with van der Waals surface area (Å²) in [6, 6.07) is 0. The third-order valence-corrected chi connectivity index (χ3v) is 4.14. The van der Waals surface area contributed by atoms with Gasteiger partial charge in [-0.15, -0.1) is 7.94 Å². The molecule has 0 amide bonds. The zero-order valence-corrected chi connectivity index (χ0v) is 9.22. The monoisotopic (exact) mass is 278 g/mol. The van der Waals surface area contributed by atoms with Crippen LogP contribution in [0.5, 0.6) is 0 Å². The molecule has 84 valence electrons. The molecule has 0 aromatic rings. The van der Waals surface area contributed by atoms with Gasteiger partial charge in [0.05, 0.1) is 0 Å². The van der Waals surface area contributed by atoms with Gasteiger partial charge in [-0.05, 0) is 0 Å². The van der Waals surface area contributed by atoms with Crippen molar-refractivity contribution in [1.82, 2.24) is 0 Å². The van der Waals surface area contributed by atoms with Crippen LogP contribution in [0.1, 0.15) is 0 Å². The van der Waals surface area contributed by atoms with E-state index in [1.54, 1.807) is 0 Å². The van der Waals surface area contributed by atoms with Gasteiger partial charge in [0, 0.05) is 0 Å². The van der Waals surface area contributed by atoms with E-state index in [-0.39, 0.29) is 0 Å². The molecule has 0 saturated carbocycles. The Kier molecular flexibility index (Phi) is 5.19. The lowest BCUT2D eigenvalue weighted by molar-refractivity contribution is 0.258. The van der Waals surface area contributed by atoms with Crippen LogP contribution in [0.25, 0.3) is 0 Å². The highest BCUT2D eigenvalue weighted by atomic mass is 32.3. The van der Waals surface area contributed by atoms with Crippen LogP contribution in [0.3, 0.4) is 0 Å². The second kappa shape index (κ2) is 5.09. The highest BCUT2D eigenvalue weighted by Gasteiger charge is 2.35. The fourth-order valence-corrected chi connectivity index (χ4v) is 2.76. The summed E-state index contributed by atoms with van der Waals surface area (Å²) < 4.78 is 55.0. The van der Waals surface area contributed by atoms with Crippen LogP contribution in [0.15, 0.2) is 0 Å². The van der Waals surface area contributed by atoms with E-state index >= 15 is 0 Å². The standard InChI is InChI=1S/B2H2O10P2S/c1-9-13(3,4)11-15(7,8)12-14(5,6)10-2/h(H,3,4)(H,5,6). The Morgan fingerprint density at radius 3 is 1.40 bits per heavy atom. The third kappa shape index (κ3) is 6.46. The first-order valence-electron chi connectivity index (χ1n) is 2.63. The molecule has 0 aliphatic rings. The van der Waals surface area contributed by atoms with Crippen LogP contribution >= 0.6 is 15.6 Å². The van der Waals surface area contributed by atoms with Gasteiger partial charge in [0.25, 0.3) is 16.1 Å². The van der Waals surface area contributed by atoms with Gasteiger partial charge in [-0.25, -0.2) is 9.13 Å². The highest BCUT2D eigenvalue weighted by Crippen LogP contribution is 2.49. The molecule has 10 nitrogen and oxygen atoms in total. The van der Waals surface area contributed by atoms with Crippen LogP contribution in [-0.2, 0) is 36.4 Å². The third-order valence-electron chi connectivity index (χ3n) is 0.637. The maximum Gasteiger partial charge on any atom is 0.473 e. The Morgan fingerprint density at radius 1 is 0.933 bits per heavy atom. The first-order valence-corrected chi connectivity index (χ1v) is 6.96. The lowest BCUT2D eigenvalue weighted by Gasteiger charge is -2.11. The largest absolute Gasteiger partial charge is 0.473 e. The number of hydrogen-bond acceptors (Lipinski definition) is 8. The van der Waals surface area contributed by atoms with Crippen LogP contribution in [0.2, 0.25) is 0 Å². The van der Waals surface area contributed by atoms with Gasteiger partial charge in [-0.3, -0.25) is 0 Å². The van der Waals surface area contributed by atoms with Gasteiger partial charge >= 0.3 is 26.0 Å². The Labute approximate surface area is 86.9 Å². The molecule has 0 heterocycles. The van der Waals surface area contributed by atoms with Gasteiger partial charge in [-0.2, -0.15) is 8.42 Å². The molecule has 0 bridgehead atoms. The van der Waals surface area contributed by atoms with Crippen LogP contribution in [-0.4, -0.2) is 34.3 Å². The minimum atomic E-state index is -5.36. The Morgan fingerprint density at radius 2 is 1.20 bits per heavy atom. The van der Waals surface area contributed by atoms with Crippen LogP contribution in [0, 0.1) is 0 Å². The molecule has 4 radical (unpaired) electrons. The van der Waals surface area contributed by atoms with Crippen molar-refractivity contribution < 1.29 is 44.2 Å². The van der Waals surface area contributed by atoms with E-state index in [4.69, 9.17) is 9.79 Å². The van der Waals surface area contributed by atoms with Crippen molar-refractivity contribution in [3.05, 3.63) is 0 Å². The Balaban J connectivity index is 4.75. The summed E-state index contributed by atoms with van der Waals surface area (Å²) in [5.74, 6) is 0. The predicted molar refractivity (Wildman–Crippen MR) is 44.4 cm³/mol. The molecule has 2 unspecified atom stereocenters. The second-order valence-corrected chi connectivity index (χ2v) is 6.01. The second-order valence-electron chi connectivity index (χ2n) is 1.71. The van der Waals surface area contributed by atoms with Gasteiger partial charge in [0.15, 0.2) is 0 Å². The lowest BCUT2D eigenvalue weighted by atomic mass is 10.6. The van der Waals surface area contributed by atoms with Crippen LogP contribution < -0.4 is 0 Å². The number of rotatable bonds is 6. The Bertz CT molecular complexity index is 364. The molecular formula is H2B2O10P2S. The maximum absolute atomic E-state index is 10.6. The van der Waals surface area contributed by atoms with E-state index < -0.39 is 26.0 Å². The van der Waals surface area contributed by atoms with Gasteiger partial charge < -0.3 is 18.7 Å². The normalized spacial score (nSPS) is 20.4. The van der Waals surface area contributed by atoms with E-state index in [0.717, 1.165) is 0 Å². The molecule has 0 aromatic heterocycles. The highest BCUT2D eigenvalue weighted by molar-refractivity contribution is 7.90. The summed E-state index contributed by atoms with van der Waals surface area (Å²) in [7, 11) is -7.34. The van der Waals surface area contributed by atoms with Crippen molar-refractivity contribution >= 4 is 42.1 Å². The fraction of sp³-hybridized carbons (Fsp3) is 0. The molecule has 0 aliphatic heterocycles. The van der Waals surface area contributed by atoms with Crippen molar-refractivity contribution in [2.45, 2.75) is 0 Å². The lowest BCUT2D eigenvalue weighted by Crippen LogP contribution is -2.08. The summed E-state index contributed by atoms with van der Waals surface area (Å²) in [5, 5.41) is 0. The van der Waals surface area contributed by atoms with Gasteiger partial charge in [-0.1, -0.05) is 0 Å². The molecule has 15 heavy (non-hydrogen) atoms. The molecule has 0 aromatic carbocycles. The molecule has 0 aliphatic carbocycles. The van der Waals surface area contributed by atoms with Crippen molar-refractivity contribution in [1.29, 1.82) is 0 Å². The van der Waals surface area contributed by atoms with E-state index in [2.05, 4.69) is 32.9 Å². The van der Waals surface area contributed by atoms with Crippen molar-refractivity contribution in [3.63, 3.8) is 0 Å². The average molecular weight is 278 g/mol. The van der Waals surface area contributed by atoms with Crippen molar-refractivity contribution in [2.24, 2.45) is 0 Å². The van der Waals surface area contributed by atoms with Crippen molar-refractivity contribution in [3.8, 4) is 0 Å². The van der Waals surface area contributed by atoms with Gasteiger partial charge in [0.1, 0.15) is 0 Å². The summed E-state index contributed by atoms with van der Waals surface area (Å²) in [5.41, 5.74) is 0. The number of hydrogen-bond donors (Lipinski definition) is 2. The maximum atomic E-state index is 10.6. The molecule has 0 fully saturated rings. The first kappa shape index (κ1) is 15.3. The summed E-state index contributed by atoms with van der Waals surface area (Å²) in [6.45, 7) is 0. The Hall–Kier alpha value is 0.300. The molecule has 0 spiro atoms. The SMILES string of the molecule is [B]OP(=O)(O)OS(=O)(=O)OP(=O)(O)O[B]. The summed E-state index contributed by atoms with van der Waals surface area (Å²) in [6.07, 6.45) is 0. The smallest absolute Gasteiger partial charge is 0.361 e. The molecule has 15 heteroatoms. The first-order chi connectivity index (χ1) is 6.54.